The third kappa shape index (κ3) is 5.10. The van der Waals surface area contributed by atoms with Crippen LogP contribution in [0.25, 0.3) is 23.0 Å². The number of para-hydroxylation sites is 1. The summed E-state index contributed by atoms with van der Waals surface area (Å²) in [6, 6.07) is 17.5. The lowest BCUT2D eigenvalue weighted by molar-refractivity contribution is -0.125. The van der Waals surface area contributed by atoms with Crippen molar-refractivity contribution in [1.82, 2.24) is 19.7 Å². The number of benzene rings is 2. The number of carbonyl (C=O) groups is 1. The Balaban J connectivity index is 1.61. The molecular formula is C24H21ClN4OS. The largest absolute Gasteiger partial charge is 0.338 e. The Morgan fingerprint density at radius 2 is 1.90 bits per heavy atom. The van der Waals surface area contributed by atoms with E-state index in [-0.39, 0.29) is 5.91 Å². The van der Waals surface area contributed by atoms with Gasteiger partial charge in [-0.05, 0) is 37.3 Å². The standard InChI is InChI=1S/C24H21ClN4OS/c1-17-26-21(16-31-17)12-13-23(30)28(2)14-19-15-29(22-6-4-3-5-7-22)27-24(19)18-8-10-20(25)11-9-18/h3-13,15-16H,14H2,1-2H3/b13-12+. The van der Waals surface area contributed by atoms with Crippen LogP contribution in [0.3, 0.4) is 0 Å². The minimum atomic E-state index is -0.0971. The number of hydrogen-bond acceptors (Lipinski definition) is 4. The van der Waals surface area contributed by atoms with Crippen molar-refractivity contribution in [2.75, 3.05) is 7.05 Å². The van der Waals surface area contributed by atoms with Crippen LogP contribution in [0.5, 0.6) is 0 Å². The van der Waals surface area contributed by atoms with Crippen LogP contribution in [-0.2, 0) is 11.3 Å². The number of nitrogens with zero attached hydrogens (tertiary/aromatic N) is 4. The Morgan fingerprint density at radius 3 is 2.58 bits per heavy atom. The van der Waals surface area contributed by atoms with E-state index in [2.05, 4.69) is 4.98 Å². The maximum atomic E-state index is 12.7. The number of aromatic nitrogens is 3. The zero-order chi connectivity index (χ0) is 21.8. The van der Waals surface area contributed by atoms with Crippen LogP contribution in [0.15, 0.2) is 72.3 Å². The molecule has 2 aromatic carbocycles. The van der Waals surface area contributed by atoms with E-state index in [9.17, 15) is 4.79 Å². The molecule has 156 valence electrons. The molecular weight excluding hydrogens is 428 g/mol. The summed E-state index contributed by atoms with van der Waals surface area (Å²) < 4.78 is 1.84. The molecule has 0 bridgehead atoms. The van der Waals surface area contributed by atoms with Crippen molar-refractivity contribution >= 4 is 34.9 Å². The molecule has 0 saturated carbocycles. The smallest absolute Gasteiger partial charge is 0.246 e. The van der Waals surface area contributed by atoms with E-state index < -0.39 is 0 Å². The highest BCUT2D eigenvalue weighted by molar-refractivity contribution is 7.09. The van der Waals surface area contributed by atoms with Gasteiger partial charge in [0, 0.05) is 47.4 Å². The van der Waals surface area contributed by atoms with Gasteiger partial charge in [0.1, 0.15) is 0 Å². The zero-order valence-electron chi connectivity index (χ0n) is 17.2. The van der Waals surface area contributed by atoms with Gasteiger partial charge in [-0.3, -0.25) is 4.79 Å². The summed E-state index contributed by atoms with van der Waals surface area (Å²) in [5.74, 6) is -0.0971. The van der Waals surface area contributed by atoms with Crippen LogP contribution >= 0.6 is 22.9 Å². The van der Waals surface area contributed by atoms with Crippen molar-refractivity contribution in [1.29, 1.82) is 0 Å². The average molecular weight is 449 g/mol. The molecule has 0 aliphatic carbocycles. The second-order valence-corrected chi connectivity index (χ2v) is 8.61. The van der Waals surface area contributed by atoms with Gasteiger partial charge in [-0.15, -0.1) is 11.3 Å². The first kappa shape index (κ1) is 21.0. The minimum Gasteiger partial charge on any atom is -0.338 e. The molecule has 2 aromatic heterocycles. The van der Waals surface area contributed by atoms with Gasteiger partial charge in [-0.25, -0.2) is 9.67 Å². The van der Waals surface area contributed by atoms with Crippen molar-refractivity contribution < 1.29 is 4.79 Å². The maximum absolute atomic E-state index is 12.7. The molecule has 7 heteroatoms. The number of thiazole rings is 1. The van der Waals surface area contributed by atoms with Crippen molar-refractivity contribution in [2.24, 2.45) is 0 Å². The molecule has 0 fully saturated rings. The molecule has 0 saturated heterocycles. The van der Waals surface area contributed by atoms with E-state index in [0.717, 1.165) is 33.2 Å². The van der Waals surface area contributed by atoms with Crippen LogP contribution in [-0.4, -0.2) is 32.6 Å². The van der Waals surface area contributed by atoms with Gasteiger partial charge in [0.25, 0.3) is 0 Å². The Hall–Kier alpha value is -3.22. The highest BCUT2D eigenvalue weighted by Crippen LogP contribution is 2.26. The molecule has 0 aliphatic heterocycles. The first-order valence-electron chi connectivity index (χ1n) is 9.75. The van der Waals surface area contributed by atoms with E-state index in [4.69, 9.17) is 16.7 Å². The molecule has 0 N–H and O–H groups in total. The van der Waals surface area contributed by atoms with E-state index in [0.29, 0.717) is 11.6 Å². The SMILES string of the molecule is Cc1nc(/C=C/C(=O)N(C)Cc2cn(-c3ccccc3)nc2-c2ccc(Cl)cc2)cs1. The van der Waals surface area contributed by atoms with Crippen molar-refractivity contribution in [3.05, 3.63) is 93.5 Å². The molecule has 0 unspecified atom stereocenters. The molecule has 0 aliphatic rings. The van der Waals surface area contributed by atoms with Crippen LogP contribution in [0, 0.1) is 6.92 Å². The minimum absolute atomic E-state index is 0.0971. The Labute approximate surface area is 190 Å². The Morgan fingerprint density at radius 1 is 1.16 bits per heavy atom. The van der Waals surface area contributed by atoms with E-state index >= 15 is 0 Å². The maximum Gasteiger partial charge on any atom is 0.246 e. The zero-order valence-corrected chi connectivity index (χ0v) is 18.8. The lowest BCUT2D eigenvalue weighted by Gasteiger charge is -2.15. The number of likely N-dealkylation sites (N-methyl/N-ethyl adjacent to an activating group) is 1. The molecule has 1 amide bonds. The fraction of sp³-hybridized carbons (Fsp3) is 0.125. The van der Waals surface area contributed by atoms with Gasteiger partial charge < -0.3 is 4.90 Å². The van der Waals surface area contributed by atoms with Crippen molar-refractivity contribution in [2.45, 2.75) is 13.5 Å². The molecule has 0 radical (unpaired) electrons. The monoisotopic (exact) mass is 448 g/mol. The Kier molecular flexibility index (Phi) is 6.30. The van der Waals surface area contributed by atoms with Crippen molar-refractivity contribution in [3.8, 4) is 16.9 Å². The molecule has 2 heterocycles. The second kappa shape index (κ2) is 9.29. The third-order valence-electron chi connectivity index (χ3n) is 4.75. The number of aryl methyl sites for hydroxylation is 1. The molecule has 0 spiro atoms. The summed E-state index contributed by atoms with van der Waals surface area (Å²) >= 11 is 7.62. The number of carbonyl (C=O) groups excluding carboxylic acids is 1. The molecule has 31 heavy (non-hydrogen) atoms. The first-order chi connectivity index (χ1) is 15.0. The van der Waals surface area contributed by atoms with Crippen LogP contribution in [0.2, 0.25) is 5.02 Å². The number of amides is 1. The van der Waals surface area contributed by atoms with Crippen LogP contribution in [0.4, 0.5) is 0 Å². The summed E-state index contributed by atoms with van der Waals surface area (Å²) in [6.07, 6.45) is 5.27. The third-order valence-corrected chi connectivity index (χ3v) is 5.79. The average Bonchev–Trinajstić information content (AvgIpc) is 3.39. The number of halogens is 1. The quantitative estimate of drug-likeness (QED) is 0.359. The molecule has 0 atom stereocenters. The lowest BCUT2D eigenvalue weighted by atomic mass is 10.1. The van der Waals surface area contributed by atoms with Gasteiger partial charge in [-0.1, -0.05) is 41.9 Å². The normalized spacial score (nSPS) is 11.2. The molecule has 5 nitrogen and oxygen atoms in total. The topological polar surface area (TPSA) is 51.0 Å². The lowest BCUT2D eigenvalue weighted by Crippen LogP contribution is -2.24. The number of rotatable bonds is 6. The van der Waals surface area contributed by atoms with E-state index in [1.807, 2.05) is 77.8 Å². The van der Waals surface area contributed by atoms with Crippen LogP contribution < -0.4 is 0 Å². The summed E-state index contributed by atoms with van der Waals surface area (Å²) in [6.45, 7) is 2.36. The Bertz CT molecular complexity index is 1210. The predicted octanol–water partition coefficient (Wildman–Crippen LogP) is 5.63. The highest BCUT2D eigenvalue weighted by Gasteiger charge is 2.16. The highest BCUT2D eigenvalue weighted by atomic mass is 35.5. The van der Waals surface area contributed by atoms with Crippen molar-refractivity contribution in [3.63, 3.8) is 0 Å². The summed E-state index contributed by atoms with van der Waals surface area (Å²) in [4.78, 5) is 18.7. The van der Waals surface area contributed by atoms with Gasteiger partial charge in [-0.2, -0.15) is 5.10 Å². The molecule has 4 aromatic rings. The van der Waals surface area contributed by atoms with Gasteiger partial charge >= 0.3 is 0 Å². The summed E-state index contributed by atoms with van der Waals surface area (Å²) in [5.41, 5.74) is 4.46. The summed E-state index contributed by atoms with van der Waals surface area (Å²) in [7, 11) is 1.78. The molecule has 4 rings (SSSR count). The second-order valence-electron chi connectivity index (χ2n) is 7.11. The fourth-order valence-electron chi connectivity index (χ4n) is 3.16. The first-order valence-corrected chi connectivity index (χ1v) is 11.0. The van der Waals surface area contributed by atoms with E-state index in [1.54, 1.807) is 35.4 Å². The fourth-order valence-corrected chi connectivity index (χ4v) is 3.87. The summed E-state index contributed by atoms with van der Waals surface area (Å²) in [5, 5.41) is 8.37. The number of hydrogen-bond donors (Lipinski definition) is 0. The van der Waals surface area contributed by atoms with Crippen LogP contribution in [0.1, 0.15) is 16.3 Å². The van der Waals surface area contributed by atoms with Gasteiger partial charge in [0.2, 0.25) is 5.91 Å². The van der Waals surface area contributed by atoms with Gasteiger partial charge in [0.15, 0.2) is 0 Å². The van der Waals surface area contributed by atoms with Gasteiger partial charge in [0.05, 0.1) is 22.1 Å². The van der Waals surface area contributed by atoms with E-state index in [1.165, 1.54) is 0 Å². The predicted molar refractivity (Wildman–Crippen MR) is 126 cm³/mol.